The van der Waals surface area contributed by atoms with Gasteiger partial charge in [-0.15, -0.1) is 0 Å². The highest BCUT2D eigenvalue weighted by atomic mass is 79.9. The van der Waals surface area contributed by atoms with Gasteiger partial charge in [-0.25, -0.2) is 0 Å². The summed E-state index contributed by atoms with van der Waals surface area (Å²) >= 11 is 3.48. The first-order valence-electron chi connectivity index (χ1n) is 6.85. The first-order valence-corrected chi connectivity index (χ1v) is 7.65. The van der Waals surface area contributed by atoms with Crippen molar-refractivity contribution in [3.05, 3.63) is 64.1 Å². The third-order valence-electron chi connectivity index (χ3n) is 3.22. The third kappa shape index (κ3) is 4.56. The van der Waals surface area contributed by atoms with Gasteiger partial charge >= 0.3 is 0 Å². The average Bonchev–Trinajstić information content (AvgIpc) is 2.47. The minimum absolute atomic E-state index is 0.0927. The number of nitrogens with two attached hydrogens (primary N) is 1. The molecular weight excluding hydrogens is 330 g/mol. The second-order valence-corrected chi connectivity index (χ2v) is 5.91. The second-order valence-electron chi connectivity index (χ2n) is 5.00. The number of halogens is 1. The van der Waals surface area contributed by atoms with Gasteiger partial charge in [0, 0.05) is 10.5 Å². The van der Waals surface area contributed by atoms with Gasteiger partial charge in [0.1, 0.15) is 5.75 Å². The molecule has 0 bridgehead atoms. The molecule has 0 aromatic heterocycles. The smallest absolute Gasteiger partial charge is 0.119 e. The Balaban J connectivity index is 2.10. The van der Waals surface area contributed by atoms with Crippen molar-refractivity contribution in [2.45, 2.75) is 25.7 Å². The highest BCUT2D eigenvalue weighted by Gasteiger charge is 2.17. The van der Waals surface area contributed by atoms with Gasteiger partial charge in [-0.2, -0.15) is 0 Å². The van der Waals surface area contributed by atoms with Gasteiger partial charge in [-0.3, -0.25) is 0 Å². The van der Waals surface area contributed by atoms with Crippen LogP contribution in [0.25, 0.3) is 0 Å². The number of hydrogen-bond donors (Lipinski definition) is 1. The number of ether oxygens (including phenoxy) is 2. The number of hydrogen-bond acceptors (Lipinski definition) is 3. The number of methoxy groups -OCH3 is 1. The van der Waals surface area contributed by atoms with E-state index < -0.39 is 0 Å². The molecule has 0 fully saturated rings. The van der Waals surface area contributed by atoms with Crippen LogP contribution < -0.4 is 10.5 Å². The van der Waals surface area contributed by atoms with Crippen LogP contribution in [0, 0.1) is 0 Å². The lowest BCUT2D eigenvalue weighted by atomic mass is 10.0. The SMILES string of the molecule is COc1cccc(COC(c2cccc(Br)c2)C(C)N)c1. The molecule has 2 rings (SSSR count). The van der Waals surface area contributed by atoms with Crippen molar-refractivity contribution in [1.29, 1.82) is 0 Å². The summed E-state index contributed by atoms with van der Waals surface area (Å²) in [4.78, 5) is 0. The van der Waals surface area contributed by atoms with Gasteiger partial charge < -0.3 is 15.2 Å². The van der Waals surface area contributed by atoms with Crippen molar-refractivity contribution < 1.29 is 9.47 Å². The lowest BCUT2D eigenvalue weighted by Crippen LogP contribution is -2.27. The Labute approximate surface area is 134 Å². The molecule has 0 aliphatic heterocycles. The maximum Gasteiger partial charge on any atom is 0.119 e. The van der Waals surface area contributed by atoms with E-state index in [2.05, 4.69) is 15.9 Å². The number of rotatable bonds is 6. The summed E-state index contributed by atoms with van der Waals surface area (Å²) in [6, 6.07) is 15.8. The van der Waals surface area contributed by atoms with Crippen molar-refractivity contribution in [1.82, 2.24) is 0 Å². The minimum Gasteiger partial charge on any atom is -0.497 e. The van der Waals surface area contributed by atoms with Gasteiger partial charge in [-0.1, -0.05) is 40.2 Å². The number of benzene rings is 2. The van der Waals surface area contributed by atoms with Crippen LogP contribution in [0.3, 0.4) is 0 Å². The Morgan fingerprint density at radius 3 is 2.57 bits per heavy atom. The first kappa shape index (κ1) is 16.0. The molecule has 0 amide bonds. The molecule has 0 spiro atoms. The van der Waals surface area contributed by atoms with Gasteiger partial charge in [0.2, 0.25) is 0 Å². The highest BCUT2D eigenvalue weighted by molar-refractivity contribution is 9.10. The van der Waals surface area contributed by atoms with Gasteiger partial charge in [0.15, 0.2) is 0 Å². The summed E-state index contributed by atoms with van der Waals surface area (Å²) in [6.07, 6.45) is -0.145. The fourth-order valence-electron chi connectivity index (χ4n) is 2.18. The van der Waals surface area contributed by atoms with Crippen molar-refractivity contribution >= 4 is 15.9 Å². The molecule has 112 valence electrons. The van der Waals surface area contributed by atoms with Crippen LogP contribution in [-0.4, -0.2) is 13.2 Å². The van der Waals surface area contributed by atoms with Crippen LogP contribution >= 0.6 is 15.9 Å². The van der Waals surface area contributed by atoms with Crippen LogP contribution in [0.2, 0.25) is 0 Å². The molecule has 2 unspecified atom stereocenters. The average molecular weight is 350 g/mol. The zero-order valence-electron chi connectivity index (χ0n) is 12.3. The standard InChI is InChI=1S/C17H20BrNO2/c1-12(19)17(14-6-4-7-15(18)10-14)21-11-13-5-3-8-16(9-13)20-2/h3-10,12,17H,11,19H2,1-2H3. The van der Waals surface area contributed by atoms with Crippen LogP contribution in [0.4, 0.5) is 0 Å². The molecule has 2 N–H and O–H groups in total. The monoisotopic (exact) mass is 349 g/mol. The fourth-order valence-corrected chi connectivity index (χ4v) is 2.60. The van der Waals surface area contributed by atoms with Crippen molar-refractivity contribution in [3.63, 3.8) is 0 Å². The Morgan fingerprint density at radius 2 is 1.90 bits per heavy atom. The topological polar surface area (TPSA) is 44.5 Å². The summed E-state index contributed by atoms with van der Waals surface area (Å²) in [5, 5.41) is 0. The Kier molecular flexibility index (Phi) is 5.79. The lowest BCUT2D eigenvalue weighted by molar-refractivity contribution is 0.0258. The van der Waals surface area contributed by atoms with Crippen molar-refractivity contribution in [2.75, 3.05) is 7.11 Å². The molecule has 2 atom stereocenters. The summed E-state index contributed by atoms with van der Waals surface area (Å²) in [5.41, 5.74) is 8.21. The van der Waals surface area contributed by atoms with E-state index in [9.17, 15) is 0 Å². The molecule has 0 heterocycles. The van der Waals surface area contributed by atoms with Crippen molar-refractivity contribution in [3.8, 4) is 5.75 Å². The van der Waals surface area contributed by atoms with E-state index in [1.807, 2.05) is 55.5 Å². The molecule has 0 aliphatic carbocycles. The normalized spacial score (nSPS) is 13.7. The zero-order chi connectivity index (χ0) is 15.2. The van der Waals surface area contributed by atoms with E-state index in [0.29, 0.717) is 6.61 Å². The summed E-state index contributed by atoms with van der Waals surface area (Å²) in [6.45, 7) is 2.45. The largest absolute Gasteiger partial charge is 0.497 e. The summed E-state index contributed by atoms with van der Waals surface area (Å²) in [7, 11) is 1.66. The van der Waals surface area contributed by atoms with Crippen LogP contribution in [0.5, 0.6) is 5.75 Å². The minimum atomic E-state index is -0.145. The second kappa shape index (κ2) is 7.59. The Bertz CT molecular complexity index is 587. The molecule has 0 saturated carbocycles. The summed E-state index contributed by atoms with van der Waals surface area (Å²) < 4.78 is 12.3. The maximum atomic E-state index is 6.07. The van der Waals surface area contributed by atoms with Gasteiger partial charge in [0.05, 0.1) is 19.8 Å². The van der Waals surface area contributed by atoms with E-state index in [1.165, 1.54) is 0 Å². The van der Waals surface area contributed by atoms with E-state index in [1.54, 1.807) is 7.11 Å². The highest BCUT2D eigenvalue weighted by Crippen LogP contribution is 2.25. The Morgan fingerprint density at radius 1 is 1.14 bits per heavy atom. The van der Waals surface area contributed by atoms with E-state index in [-0.39, 0.29) is 12.1 Å². The van der Waals surface area contributed by atoms with Gasteiger partial charge in [0.25, 0.3) is 0 Å². The third-order valence-corrected chi connectivity index (χ3v) is 3.71. The van der Waals surface area contributed by atoms with E-state index >= 15 is 0 Å². The summed E-state index contributed by atoms with van der Waals surface area (Å²) in [5.74, 6) is 0.830. The predicted octanol–water partition coefficient (Wildman–Crippen LogP) is 4.06. The molecule has 2 aromatic rings. The van der Waals surface area contributed by atoms with Crippen LogP contribution in [0.15, 0.2) is 53.0 Å². The van der Waals surface area contributed by atoms with Crippen LogP contribution in [-0.2, 0) is 11.3 Å². The molecule has 0 radical (unpaired) electrons. The fraction of sp³-hybridized carbons (Fsp3) is 0.294. The molecule has 0 aliphatic rings. The van der Waals surface area contributed by atoms with E-state index in [0.717, 1.165) is 21.3 Å². The lowest BCUT2D eigenvalue weighted by Gasteiger charge is -2.22. The maximum absolute atomic E-state index is 6.07. The molecule has 21 heavy (non-hydrogen) atoms. The van der Waals surface area contributed by atoms with Crippen molar-refractivity contribution in [2.24, 2.45) is 5.73 Å². The zero-order valence-corrected chi connectivity index (χ0v) is 13.8. The molecular formula is C17H20BrNO2. The molecule has 2 aromatic carbocycles. The molecule has 4 heteroatoms. The molecule has 0 saturated heterocycles. The molecule has 3 nitrogen and oxygen atoms in total. The van der Waals surface area contributed by atoms with Crippen LogP contribution in [0.1, 0.15) is 24.2 Å². The van der Waals surface area contributed by atoms with E-state index in [4.69, 9.17) is 15.2 Å². The first-order chi connectivity index (χ1) is 10.1. The Hall–Kier alpha value is -1.36. The van der Waals surface area contributed by atoms with Gasteiger partial charge in [-0.05, 0) is 42.3 Å². The quantitative estimate of drug-likeness (QED) is 0.854. The predicted molar refractivity (Wildman–Crippen MR) is 88.3 cm³/mol.